The lowest BCUT2D eigenvalue weighted by Gasteiger charge is -2.50. The molecule has 180 valence electrons. The van der Waals surface area contributed by atoms with Gasteiger partial charge in [0.25, 0.3) is 0 Å². The molecule has 9 nitrogen and oxygen atoms in total. The summed E-state index contributed by atoms with van der Waals surface area (Å²) in [4.78, 5) is 7.12. The van der Waals surface area contributed by atoms with E-state index in [0.29, 0.717) is 35.8 Å². The number of ether oxygens (including phenoxy) is 1. The Hall–Kier alpha value is -2.49. The van der Waals surface area contributed by atoms with Gasteiger partial charge in [-0.1, -0.05) is 6.42 Å². The normalized spacial score (nSPS) is 23.3. The van der Waals surface area contributed by atoms with Crippen LogP contribution in [0.1, 0.15) is 63.0 Å². The minimum atomic E-state index is -0.939. The Labute approximate surface area is 195 Å². The molecule has 2 aliphatic carbocycles. The van der Waals surface area contributed by atoms with Gasteiger partial charge >= 0.3 is 0 Å². The summed E-state index contributed by atoms with van der Waals surface area (Å²) in [7, 11) is 1.50. The summed E-state index contributed by atoms with van der Waals surface area (Å²) < 4.78 is 5.62. The van der Waals surface area contributed by atoms with Crippen LogP contribution in [0, 0.1) is 10.8 Å². The first kappa shape index (κ1) is 23.7. The Balaban J connectivity index is 0.00000126. The van der Waals surface area contributed by atoms with Gasteiger partial charge in [-0.2, -0.15) is 5.10 Å². The fraction of sp³-hybridized carbons (Fsp3) is 0.625. The lowest BCUT2D eigenvalue weighted by Crippen LogP contribution is -2.45. The van der Waals surface area contributed by atoms with Gasteiger partial charge in [-0.15, -0.1) is 0 Å². The maximum atomic E-state index is 11.8. The first-order valence-electron chi connectivity index (χ1n) is 12.0. The van der Waals surface area contributed by atoms with Gasteiger partial charge in [0.2, 0.25) is 0 Å². The van der Waals surface area contributed by atoms with E-state index >= 15 is 0 Å². The largest absolute Gasteiger partial charge is 0.385 e. The summed E-state index contributed by atoms with van der Waals surface area (Å²) in [6.07, 6.45) is 10.5. The first-order valence-corrected chi connectivity index (χ1v) is 12.0. The molecule has 33 heavy (non-hydrogen) atoms. The van der Waals surface area contributed by atoms with Gasteiger partial charge in [-0.05, 0) is 69.5 Å². The van der Waals surface area contributed by atoms with Crippen LogP contribution in [-0.2, 0) is 10.3 Å². The number of nitrogens with zero attached hydrogens (tertiary/aromatic N) is 3. The molecule has 1 saturated heterocycles. The quantitative estimate of drug-likeness (QED) is 0.436. The van der Waals surface area contributed by atoms with E-state index in [1.807, 2.05) is 12.1 Å². The lowest BCUT2D eigenvalue weighted by molar-refractivity contribution is -0.0629. The van der Waals surface area contributed by atoms with Crippen LogP contribution < -0.4 is 16.0 Å². The van der Waals surface area contributed by atoms with Crippen molar-refractivity contribution in [1.82, 2.24) is 15.2 Å². The Morgan fingerprint density at radius 2 is 2.03 bits per heavy atom. The molecule has 3 fully saturated rings. The molecule has 1 atom stereocenters. The number of pyridine rings is 1. The van der Waals surface area contributed by atoms with Crippen molar-refractivity contribution in [2.24, 2.45) is 11.1 Å². The third-order valence-corrected chi connectivity index (χ3v) is 7.66. The van der Waals surface area contributed by atoms with Crippen LogP contribution in [-0.4, -0.2) is 59.4 Å². The van der Waals surface area contributed by atoms with E-state index in [-0.39, 0.29) is 6.04 Å². The van der Waals surface area contributed by atoms with Gasteiger partial charge in [0.15, 0.2) is 0 Å². The van der Waals surface area contributed by atoms with Crippen molar-refractivity contribution in [1.29, 1.82) is 5.41 Å². The van der Waals surface area contributed by atoms with Crippen molar-refractivity contribution in [3.8, 4) is 0 Å². The summed E-state index contributed by atoms with van der Waals surface area (Å²) in [5.74, 6) is 2.09. The molecule has 6 N–H and O–H groups in total. The van der Waals surface area contributed by atoms with Gasteiger partial charge in [0.1, 0.15) is 17.5 Å². The summed E-state index contributed by atoms with van der Waals surface area (Å²) in [6, 6.07) is 4.03. The zero-order valence-electron chi connectivity index (χ0n) is 19.7. The first-order chi connectivity index (χ1) is 16.0. The van der Waals surface area contributed by atoms with E-state index < -0.39 is 5.60 Å². The molecule has 3 heterocycles. The van der Waals surface area contributed by atoms with E-state index in [4.69, 9.17) is 15.1 Å². The minimum Gasteiger partial charge on any atom is -0.385 e. The highest BCUT2D eigenvalue weighted by molar-refractivity contribution is 5.89. The van der Waals surface area contributed by atoms with Crippen LogP contribution in [0.2, 0.25) is 0 Å². The van der Waals surface area contributed by atoms with Crippen molar-refractivity contribution in [2.75, 3.05) is 37.0 Å². The summed E-state index contributed by atoms with van der Waals surface area (Å²) >= 11 is 0. The summed E-state index contributed by atoms with van der Waals surface area (Å²) in [6.45, 7) is 4.19. The SMILES string of the molecule is CC1COCCN1c1cc(C2(O)CCC3(CCC3)CC2)c(C=N)c(Nc2ccn[nH]2)n1.CN. The van der Waals surface area contributed by atoms with Crippen molar-refractivity contribution in [3.05, 3.63) is 29.5 Å². The van der Waals surface area contributed by atoms with E-state index in [1.54, 1.807) is 6.20 Å². The van der Waals surface area contributed by atoms with Gasteiger partial charge in [-0.25, -0.2) is 4.98 Å². The Morgan fingerprint density at radius 3 is 2.61 bits per heavy atom. The number of nitrogens with two attached hydrogens (primary N) is 1. The van der Waals surface area contributed by atoms with Crippen LogP contribution in [0.4, 0.5) is 17.5 Å². The zero-order valence-corrected chi connectivity index (χ0v) is 19.7. The molecule has 1 aliphatic heterocycles. The number of aromatic amines is 1. The number of anilines is 3. The highest BCUT2D eigenvalue weighted by Crippen LogP contribution is 2.56. The molecule has 2 aromatic rings. The van der Waals surface area contributed by atoms with E-state index in [2.05, 4.69) is 33.1 Å². The molecule has 0 amide bonds. The number of hydrogen-bond donors (Lipinski definition) is 5. The number of nitrogens with one attached hydrogen (secondary N) is 3. The monoisotopic (exact) mass is 455 g/mol. The third-order valence-electron chi connectivity index (χ3n) is 7.66. The number of aromatic nitrogens is 3. The van der Waals surface area contributed by atoms with Crippen molar-refractivity contribution >= 4 is 23.7 Å². The van der Waals surface area contributed by atoms with Crippen molar-refractivity contribution in [2.45, 2.75) is 63.5 Å². The molecule has 5 rings (SSSR count). The number of H-pyrrole nitrogens is 1. The van der Waals surface area contributed by atoms with Crippen molar-refractivity contribution < 1.29 is 9.84 Å². The molecule has 3 aliphatic rings. The highest BCUT2D eigenvalue weighted by Gasteiger charge is 2.46. The number of rotatable bonds is 5. The predicted molar refractivity (Wildman–Crippen MR) is 130 cm³/mol. The lowest BCUT2D eigenvalue weighted by atomic mass is 9.57. The third kappa shape index (κ3) is 4.62. The Bertz CT molecular complexity index is 933. The topological polar surface area (TPSA) is 136 Å². The average Bonchev–Trinajstić information content (AvgIpc) is 3.33. The molecule has 0 aromatic carbocycles. The second-order valence-electron chi connectivity index (χ2n) is 9.53. The Morgan fingerprint density at radius 1 is 1.27 bits per heavy atom. The molecule has 1 spiro atoms. The molecule has 0 radical (unpaired) electrons. The maximum absolute atomic E-state index is 11.8. The predicted octanol–water partition coefficient (Wildman–Crippen LogP) is 3.28. The van der Waals surface area contributed by atoms with Crippen LogP contribution in [0.25, 0.3) is 0 Å². The second-order valence-corrected chi connectivity index (χ2v) is 9.53. The fourth-order valence-electron chi connectivity index (χ4n) is 5.48. The fourth-order valence-corrected chi connectivity index (χ4v) is 5.48. The van der Waals surface area contributed by atoms with Crippen LogP contribution in [0.5, 0.6) is 0 Å². The van der Waals surface area contributed by atoms with Gasteiger partial charge in [0, 0.05) is 24.4 Å². The summed E-state index contributed by atoms with van der Waals surface area (Å²) in [5, 5.41) is 30.2. The molecule has 0 bridgehead atoms. The number of aliphatic hydroxyl groups is 1. The standard InChI is InChI=1S/C23H32N6O2.CH5N/c1-16-15-31-12-11-29(16)20-13-18(23(30)8-6-22(7-9-23)4-2-5-22)17(14-24)21(27-20)26-19-3-10-25-28-19;1-2/h3,10,13-14,16,24,30H,2,4-9,11-12,15H2,1H3,(H2,25,26,27,28);2H2,1H3. The van der Waals surface area contributed by atoms with Gasteiger partial charge < -0.3 is 31.2 Å². The Kier molecular flexibility index (Phi) is 7.02. The molecular formula is C24H37N7O2. The van der Waals surface area contributed by atoms with E-state index in [0.717, 1.165) is 43.6 Å². The average molecular weight is 456 g/mol. The molecule has 1 unspecified atom stereocenters. The zero-order chi connectivity index (χ0) is 23.5. The van der Waals surface area contributed by atoms with E-state index in [9.17, 15) is 5.11 Å². The smallest absolute Gasteiger partial charge is 0.143 e. The van der Waals surface area contributed by atoms with Gasteiger partial charge in [0.05, 0.1) is 31.1 Å². The van der Waals surface area contributed by atoms with Crippen LogP contribution in [0.3, 0.4) is 0 Å². The number of hydrogen-bond acceptors (Lipinski definition) is 8. The second kappa shape index (κ2) is 9.79. The summed E-state index contributed by atoms with van der Waals surface area (Å²) in [5.41, 5.74) is 5.46. The van der Waals surface area contributed by atoms with Gasteiger partial charge in [-0.3, -0.25) is 5.10 Å². The maximum Gasteiger partial charge on any atom is 0.143 e. The molecule has 2 saturated carbocycles. The van der Waals surface area contributed by atoms with Crippen molar-refractivity contribution in [3.63, 3.8) is 0 Å². The van der Waals surface area contributed by atoms with Crippen LogP contribution in [0.15, 0.2) is 18.3 Å². The highest BCUT2D eigenvalue weighted by atomic mass is 16.5. The molecule has 2 aromatic heterocycles. The minimum absolute atomic E-state index is 0.194. The molecular weight excluding hydrogens is 418 g/mol. The molecule has 9 heteroatoms. The van der Waals surface area contributed by atoms with E-state index in [1.165, 1.54) is 32.5 Å². The number of morpholine rings is 1. The van der Waals surface area contributed by atoms with Crippen LogP contribution >= 0.6 is 0 Å².